The van der Waals surface area contributed by atoms with Crippen molar-refractivity contribution < 1.29 is 13.3 Å². The van der Waals surface area contributed by atoms with Crippen molar-refractivity contribution in [2.75, 3.05) is 0 Å². The number of nitrogens with zero attached hydrogens (tertiary/aromatic N) is 2. The zero-order valence-electron chi connectivity index (χ0n) is 10.5. The van der Waals surface area contributed by atoms with Gasteiger partial charge in [0.25, 0.3) is 5.69 Å². The average molecular weight is 295 g/mol. The van der Waals surface area contributed by atoms with Crippen molar-refractivity contribution in [3.8, 4) is 6.07 Å². The maximum Gasteiger partial charge on any atom is 0.270 e. The van der Waals surface area contributed by atoms with Gasteiger partial charge >= 0.3 is 0 Å². The molecule has 1 fully saturated rings. The lowest BCUT2D eigenvalue weighted by atomic mass is 10.1. The minimum atomic E-state index is -3.85. The van der Waals surface area contributed by atoms with Gasteiger partial charge in [0.15, 0.2) is 0 Å². The van der Waals surface area contributed by atoms with Crippen molar-refractivity contribution in [1.82, 2.24) is 4.72 Å². The van der Waals surface area contributed by atoms with Crippen LogP contribution in [0.1, 0.15) is 19.3 Å². The molecule has 1 aliphatic carbocycles. The smallest absolute Gasteiger partial charge is 0.258 e. The maximum absolute atomic E-state index is 12.2. The van der Waals surface area contributed by atoms with Crippen LogP contribution in [0.3, 0.4) is 0 Å². The lowest BCUT2D eigenvalue weighted by Crippen LogP contribution is -2.36. The van der Waals surface area contributed by atoms with Gasteiger partial charge in [-0.2, -0.15) is 5.26 Å². The number of nitrogens with one attached hydrogen (secondary N) is 1. The highest BCUT2D eigenvalue weighted by Gasteiger charge is 2.31. The van der Waals surface area contributed by atoms with Crippen molar-refractivity contribution in [2.24, 2.45) is 5.92 Å². The van der Waals surface area contributed by atoms with Crippen LogP contribution >= 0.6 is 0 Å². The standard InChI is InChI=1S/C12H13N3O4S/c13-8-9-3-1-6-12(9)14-20(18,19)11-5-2-4-10(7-11)15(16)17/h2,4-5,7,9,12,14H,1,3,6H2. The molecule has 2 rings (SSSR count). The number of nitriles is 1. The Morgan fingerprint density at radius 1 is 1.40 bits per heavy atom. The molecule has 0 aliphatic heterocycles. The summed E-state index contributed by atoms with van der Waals surface area (Å²) in [6, 6.07) is 6.52. The van der Waals surface area contributed by atoms with Crippen LogP contribution in [0.25, 0.3) is 0 Å². The molecule has 7 nitrogen and oxygen atoms in total. The molecule has 0 radical (unpaired) electrons. The molecule has 0 spiro atoms. The monoisotopic (exact) mass is 295 g/mol. The van der Waals surface area contributed by atoms with Crippen molar-refractivity contribution >= 4 is 15.7 Å². The second-order valence-electron chi connectivity index (χ2n) is 4.65. The number of hydrogen-bond acceptors (Lipinski definition) is 5. The second kappa shape index (κ2) is 5.56. The van der Waals surface area contributed by atoms with Crippen LogP contribution in [0, 0.1) is 27.4 Å². The number of hydrogen-bond donors (Lipinski definition) is 1. The van der Waals surface area contributed by atoms with E-state index in [0.29, 0.717) is 12.8 Å². The SMILES string of the molecule is N#CC1CCCC1NS(=O)(=O)c1cccc([N+](=O)[O-])c1. The molecular weight excluding hydrogens is 282 g/mol. The third kappa shape index (κ3) is 2.95. The summed E-state index contributed by atoms with van der Waals surface area (Å²) in [5.41, 5.74) is -0.281. The molecular formula is C12H13N3O4S. The summed E-state index contributed by atoms with van der Waals surface area (Å²) < 4.78 is 26.8. The van der Waals surface area contributed by atoms with Crippen molar-refractivity contribution in [3.05, 3.63) is 34.4 Å². The van der Waals surface area contributed by atoms with Crippen LogP contribution in [0.15, 0.2) is 29.2 Å². The molecule has 1 aliphatic rings. The average Bonchev–Trinajstić information content (AvgIpc) is 2.85. The van der Waals surface area contributed by atoms with Gasteiger partial charge in [0.1, 0.15) is 0 Å². The molecule has 0 aromatic heterocycles. The van der Waals surface area contributed by atoms with E-state index in [2.05, 4.69) is 10.8 Å². The minimum Gasteiger partial charge on any atom is -0.258 e. The Morgan fingerprint density at radius 2 is 2.15 bits per heavy atom. The van der Waals surface area contributed by atoms with Gasteiger partial charge in [-0.05, 0) is 18.9 Å². The lowest BCUT2D eigenvalue weighted by molar-refractivity contribution is -0.385. The van der Waals surface area contributed by atoms with Crippen molar-refractivity contribution in [2.45, 2.75) is 30.2 Å². The highest BCUT2D eigenvalue weighted by molar-refractivity contribution is 7.89. The highest BCUT2D eigenvalue weighted by Crippen LogP contribution is 2.27. The van der Waals surface area contributed by atoms with Crippen LogP contribution in [0.4, 0.5) is 5.69 Å². The number of rotatable bonds is 4. The Morgan fingerprint density at radius 3 is 2.80 bits per heavy atom. The highest BCUT2D eigenvalue weighted by atomic mass is 32.2. The predicted molar refractivity (Wildman–Crippen MR) is 70.2 cm³/mol. The van der Waals surface area contributed by atoms with E-state index in [9.17, 15) is 18.5 Å². The number of nitro benzene ring substituents is 1. The summed E-state index contributed by atoms with van der Waals surface area (Å²) in [6.07, 6.45) is 2.06. The summed E-state index contributed by atoms with van der Waals surface area (Å²) >= 11 is 0. The van der Waals surface area contributed by atoms with Gasteiger partial charge in [0.05, 0.1) is 21.8 Å². The fraction of sp³-hybridized carbons (Fsp3) is 0.417. The summed E-state index contributed by atoms with van der Waals surface area (Å²) in [6.45, 7) is 0. The van der Waals surface area contributed by atoms with Crippen LogP contribution in [0.2, 0.25) is 0 Å². The fourth-order valence-corrected chi connectivity index (χ4v) is 3.64. The first-order chi connectivity index (χ1) is 9.44. The molecule has 1 aromatic carbocycles. The molecule has 8 heteroatoms. The van der Waals surface area contributed by atoms with Crippen LogP contribution in [-0.2, 0) is 10.0 Å². The Hall–Kier alpha value is -1.98. The third-order valence-corrected chi connectivity index (χ3v) is 4.81. The van der Waals surface area contributed by atoms with E-state index in [-0.39, 0.29) is 16.5 Å². The van der Waals surface area contributed by atoms with Crippen molar-refractivity contribution in [1.29, 1.82) is 5.26 Å². The van der Waals surface area contributed by atoms with Crippen molar-refractivity contribution in [3.63, 3.8) is 0 Å². The first-order valence-corrected chi connectivity index (χ1v) is 7.59. The minimum absolute atomic E-state index is 0.157. The molecule has 106 valence electrons. The topological polar surface area (TPSA) is 113 Å². The molecule has 20 heavy (non-hydrogen) atoms. The van der Waals surface area contributed by atoms with Crippen LogP contribution in [-0.4, -0.2) is 19.4 Å². The molecule has 0 heterocycles. The first kappa shape index (κ1) is 14.4. The second-order valence-corrected chi connectivity index (χ2v) is 6.36. The van der Waals surface area contributed by atoms with Crippen LogP contribution in [0.5, 0.6) is 0 Å². The molecule has 1 N–H and O–H groups in total. The molecule has 0 bridgehead atoms. The third-order valence-electron chi connectivity index (χ3n) is 3.33. The van der Waals surface area contributed by atoms with Gasteiger partial charge in [-0.25, -0.2) is 13.1 Å². The van der Waals surface area contributed by atoms with E-state index in [1.807, 2.05) is 0 Å². The van der Waals surface area contributed by atoms with Gasteiger partial charge in [-0.15, -0.1) is 0 Å². The van der Waals surface area contributed by atoms with Gasteiger partial charge < -0.3 is 0 Å². The Bertz CT molecular complexity index is 666. The number of sulfonamides is 1. The normalized spacial score (nSPS) is 22.4. The first-order valence-electron chi connectivity index (χ1n) is 6.10. The van der Waals surface area contributed by atoms with E-state index in [1.165, 1.54) is 18.2 Å². The largest absolute Gasteiger partial charge is 0.270 e. The zero-order chi connectivity index (χ0) is 14.8. The van der Waals surface area contributed by atoms with Crippen LogP contribution < -0.4 is 4.72 Å². The number of nitro groups is 1. The number of non-ortho nitro benzene ring substituents is 1. The van der Waals surface area contributed by atoms with E-state index in [4.69, 9.17) is 5.26 Å². The van der Waals surface area contributed by atoms with E-state index in [0.717, 1.165) is 12.5 Å². The molecule has 2 unspecified atom stereocenters. The Kier molecular flexibility index (Phi) is 4.01. The Labute approximate surface area is 116 Å². The Balaban J connectivity index is 2.25. The molecule has 2 atom stereocenters. The maximum atomic E-state index is 12.2. The fourth-order valence-electron chi connectivity index (χ4n) is 2.29. The summed E-state index contributed by atoms with van der Waals surface area (Å²) in [5, 5.41) is 19.6. The van der Waals surface area contributed by atoms with E-state index >= 15 is 0 Å². The van der Waals surface area contributed by atoms with E-state index < -0.39 is 21.0 Å². The molecule has 1 aromatic rings. The summed E-state index contributed by atoms with van der Waals surface area (Å²) in [7, 11) is -3.85. The van der Waals surface area contributed by atoms with E-state index in [1.54, 1.807) is 0 Å². The van der Waals surface area contributed by atoms with Gasteiger partial charge in [-0.3, -0.25) is 10.1 Å². The molecule has 0 saturated heterocycles. The predicted octanol–water partition coefficient (Wildman–Crippen LogP) is 1.57. The van der Waals surface area contributed by atoms with Gasteiger partial charge in [0, 0.05) is 18.2 Å². The summed E-state index contributed by atoms with van der Waals surface area (Å²) in [5.74, 6) is -0.344. The zero-order valence-corrected chi connectivity index (χ0v) is 11.3. The van der Waals surface area contributed by atoms with Gasteiger partial charge in [-0.1, -0.05) is 12.5 Å². The quantitative estimate of drug-likeness (QED) is 0.669. The lowest BCUT2D eigenvalue weighted by Gasteiger charge is -2.15. The molecule has 1 saturated carbocycles. The number of benzene rings is 1. The summed E-state index contributed by atoms with van der Waals surface area (Å²) in [4.78, 5) is 9.87. The van der Waals surface area contributed by atoms with Gasteiger partial charge in [0.2, 0.25) is 10.0 Å². The molecule has 0 amide bonds.